The SMILES string of the molecule is CCN(CC)c1ccc(C(=O)OCC(=O)N[C@@](C)(C#N)C2CC2)cc1. The van der Waals surface area contributed by atoms with Crippen molar-refractivity contribution in [2.45, 2.75) is 39.2 Å². The highest BCUT2D eigenvalue weighted by molar-refractivity contribution is 5.91. The Morgan fingerprint density at radius 2 is 1.88 bits per heavy atom. The number of anilines is 1. The van der Waals surface area contributed by atoms with Crippen molar-refractivity contribution in [3.05, 3.63) is 29.8 Å². The largest absolute Gasteiger partial charge is 0.452 e. The number of amides is 1. The Hall–Kier alpha value is -2.55. The lowest BCUT2D eigenvalue weighted by atomic mass is 9.98. The molecule has 134 valence electrons. The van der Waals surface area contributed by atoms with Gasteiger partial charge in [-0.15, -0.1) is 0 Å². The van der Waals surface area contributed by atoms with Gasteiger partial charge in [-0.25, -0.2) is 4.79 Å². The molecule has 1 fully saturated rings. The maximum atomic E-state index is 12.1. The summed E-state index contributed by atoms with van der Waals surface area (Å²) < 4.78 is 5.06. The molecular formula is C19H25N3O3. The quantitative estimate of drug-likeness (QED) is 0.733. The summed E-state index contributed by atoms with van der Waals surface area (Å²) >= 11 is 0. The van der Waals surface area contributed by atoms with E-state index in [0.29, 0.717) is 5.56 Å². The van der Waals surface area contributed by atoms with E-state index < -0.39 is 17.4 Å². The summed E-state index contributed by atoms with van der Waals surface area (Å²) in [5.74, 6) is -0.819. The number of esters is 1. The summed E-state index contributed by atoms with van der Waals surface area (Å²) in [5, 5.41) is 11.9. The van der Waals surface area contributed by atoms with Gasteiger partial charge in [0, 0.05) is 18.8 Å². The number of benzene rings is 1. The molecule has 1 saturated carbocycles. The van der Waals surface area contributed by atoms with Crippen molar-refractivity contribution >= 4 is 17.6 Å². The van der Waals surface area contributed by atoms with Crippen LogP contribution in [0.4, 0.5) is 5.69 Å². The van der Waals surface area contributed by atoms with Crippen molar-refractivity contribution < 1.29 is 14.3 Å². The Labute approximate surface area is 148 Å². The molecule has 0 radical (unpaired) electrons. The van der Waals surface area contributed by atoms with Crippen molar-refractivity contribution in [1.29, 1.82) is 5.26 Å². The Morgan fingerprint density at radius 1 is 1.28 bits per heavy atom. The Balaban J connectivity index is 1.87. The first-order chi connectivity index (χ1) is 11.9. The van der Waals surface area contributed by atoms with E-state index in [1.807, 2.05) is 12.1 Å². The summed E-state index contributed by atoms with van der Waals surface area (Å²) in [7, 11) is 0. The lowest BCUT2D eigenvalue weighted by Crippen LogP contribution is -2.48. The molecule has 0 saturated heterocycles. The predicted octanol–water partition coefficient (Wildman–Crippen LogP) is 2.50. The van der Waals surface area contributed by atoms with Crippen LogP contribution in [0.25, 0.3) is 0 Å². The minimum atomic E-state index is -0.880. The van der Waals surface area contributed by atoms with E-state index in [0.717, 1.165) is 31.6 Å². The average Bonchev–Trinajstić information content (AvgIpc) is 3.47. The molecule has 0 bridgehead atoms. The van der Waals surface area contributed by atoms with Crippen molar-refractivity contribution in [1.82, 2.24) is 5.32 Å². The van der Waals surface area contributed by atoms with Gasteiger partial charge in [0.05, 0.1) is 11.6 Å². The number of carbonyl (C=O) groups excluding carboxylic acids is 2. The minimum absolute atomic E-state index is 0.185. The van der Waals surface area contributed by atoms with E-state index >= 15 is 0 Å². The third-order valence-electron chi connectivity index (χ3n) is 4.59. The lowest BCUT2D eigenvalue weighted by Gasteiger charge is -2.22. The normalized spacial score (nSPS) is 15.6. The molecule has 1 aromatic carbocycles. The van der Waals surface area contributed by atoms with Gasteiger partial charge in [0.15, 0.2) is 6.61 Å². The second-order valence-electron chi connectivity index (χ2n) is 6.43. The number of nitriles is 1. The van der Waals surface area contributed by atoms with E-state index in [9.17, 15) is 14.9 Å². The second kappa shape index (κ2) is 8.02. The highest BCUT2D eigenvalue weighted by atomic mass is 16.5. The van der Waals surface area contributed by atoms with Crippen molar-refractivity contribution in [2.75, 3.05) is 24.6 Å². The Kier molecular flexibility index (Phi) is 6.02. The van der Waals surface area contributed by atoms with Gasteiger partial charge in [-0.2, -0.15) is 5.26 Å². The molecule has 1 amide bonds. The molecular weight excluding hydrogens is 318 g/mol. The summed E-state index contributed by atoms with van der Waals surface area (Å²) in [6, 6.07) is 9.25. The lowest BCUT2D eigenvalue weighted by molar-refractivity contribution is -0.125. The van der Waals surface area contributed by atoms with Crippen LogP contribution < -0.4 is 10.2 Å². The maximum absolute atomic E-state index is 12.1. The average molecular weight is 343 g/mol. The zero-order valence-corrected chi connectivity index (χ0v) is 15.0. The van der Waals surface area contributed by atoms with Crippen LogP contribution in [-0.4, -0.2) is 37.1 Å². The molecule has 25 heavy (non-hydrogen) atoms. The minimum Gasteiger partial charge on any atom is -0.452 e. The van der Waals surface area contributed by atoms with Crippen molar-refractivity contribution in [2.24, 2.45) is 5.92 Å². The first-order valence-electron chi connectivity index (χ1n) is 8.68. The van der Waals surface area contributed by atoms with Gasteiger partial charge in [0.1, 0.15) is 5.54 Å². The van der Waals surface area contributed by atoms with Crippen LogP contribution in [0.15, 0.2) is 24.3 Å². The van der Waals surface area contributed by atoms with Gasteiger partial charge in [0.2, 0.25) is 0 Å². The van der Waals surface area contributed by atoms with Crippen molar-refractivity contribution in [3.63, 3.8) is 0 Å². The molecule has 6 heteroatoms. The molecule has 2 rings (SSSR count). The van der Waals surface area contributed by atoms with Gasteiger partial charge >= 0.3 is 5.97 Å². The van der Waals surface area contributed by atoms with Crippen LogP contribution in [0.3, 0.4) is 0 Å². The van der Waals surface area contributed by atoms with Gasteiger partial charge in [0.25, 0.3) is 5.91 Å². The van der Waals surface area contributed by atoms with E-state index in [2.05, 4.69) is 30.1 Å². The summed E-state index contributed by atoms with van der Waals surface area (Å²) in [4.78, 5) is 26.2. The summed E-state index contributed by atoms with van der Waals surface area (Å²) in [5.41, 5.74) is 0.553. The van der Waals surface area contributed by atoms with Crippen LogP contribution in [0, 0.1) is 17.2 Å². The Bertz CT molecular complexity index is 657. The smallest absolute Gasteiger partial charge is 0.338 e. The molecule has 1 aliphatic carbocycles. The van der Waals surface area contributed by atoms with Crippen LogP contribution >= 0.6 is 0 Å². The molecule has 0 aliphatic heterocycles. The number of hydrogen-bond acceptors (Lipinski definition) is 5. The maximum Gasteiger partial charge on any atom is 0.338 e. The molecule has 0 aromatic heterocycles. The molecule has 1 atom stereocenters. The number of ether oxygens (including phenoxy) is 1. The third-order valence-corrected chi connectivity index (χ3v) is 4.59. The van der Waals surface area contributed by atoms with Crippen LogP contribution in [0.5, 0.6) is 0 Å². The summed E-state index contributed by atoms with van der Waals surface area (Å²) in [6.45, 7) is 7.23. The van der Waals surface area contributed by atoms with Gasteiger partial charge in [-0.05, 0) is 63.8 Å². The highest BCUT2D eigenvalue weighted by Gasteiger charge is 2.43. The standard InChI is InChI=1S/C19H25N3O3/c1-4-22(5-2)16-10-6-14(7-11-16)18(24)25-12-17(23)21-19(3,13-20)15-8-9-15/h6-7,10-11,15H,4-5,8-9,12H2,1-3H3,(H,21,23)/t19-/m0/s1. The van der Waals surface area contributed by atoms with Crippen LogP contribution in [-0.2, 0) is 9.53 Å². The number of rotatable bonds is 8. The van der Waals surface area contributed by atoms with E-state index in [-0.39, 0.29) is 12.5 Å². The van der Waals surface area contributed by atoms with Crippen LogP contribution in [0.1, 0.15) is 44.0 Å². The topological polar surface area (TPSA) is 82.4 Å². The van der Waals surface area contributed by atoms with E-state index in [4.69, 9.17) is 4.74 Å². The molecule has 1 aliphatic rings. The fourth-order valence-corrected chi connectivity index (χ4v) is 2.82. The number of hydrogen-bond donors (Lipinski definition) is 1. The van der Waals surface area contributed by atoms with Gasteiger partial charge in [-0.1, -0.05) is 0 Å². The fourth-order valence-electron chi connectivity index (χ4n) is 2.82. The molecule has 0 unspecified atom stereocenters. The van der Waals surface area contributed by atoms with Gasteiger partial charge in [-0.3, -0.25) is 4.79 Å². The number of nitrogens with zero attached hydrogens (tertiary/aromatic N) is 2. The van der Waals surface area contributed by atoms with E-state index in [1.54, 1.807) is 19.1 Å². The fraction of sp³-hybridized carbons (Fsp3) is 0.526. The number of nitrogens with one attached hydrogen (secondary N) is 1. The van der Waals surface area contributed by atoms with E-state index in [1.165, 1.54) is 0 Å². The summed E-state index contributed by atoms with van der Waals surface area (Å²) in [6.07, 6.45) is 1.87. The molecule has 0 heterocycles. The van der Waals surface area contributed by atoms with Gasteiger partial charge < -0.3 is 15.0 Å². The first-order valence-corrected chi connectivity index (χ1v) is 8.68. The second-order valence-corrected chi connectivity index (χ2v) is 6.43. The zero-order chi connectivity index (χ0) is 18.4. The molecule has 0 spiro atoms. The highest BCUT2D eigenvalue weighted by Crippen LogP contribution is 2.39. The number of carbonyl (C=O) groups is 2. The monoisotopic (exact) mass is 343 g/mol. The molecule has 1 aromatic rings. The third kappa shape index (κ3) is 4.72. The zero-order valence-electron chi connectivity index (χ0n) is 15.0. The predicted molar refractivity (Wildman–Crippen MR) is 95.2 cm³/mol. The van der Waals surface area contributed by atoms with Crippen molar-refractivity contribution in [3.8, 4) is 6.07 Å². The molecule has 1 N–H and O–H groups in total. The van der Waals surface area contributed by atoms with Crippen LogP contribution in [0.2, 0.25) is 0 Å². The first kappa shape index (κ1) is 18.8. The molecule has 6 nitrogen and oxygen atoms in total. The Morgan fingerprint density at radius 3 is 2.36 bits per heavy atom.